The van der Waals surface area contributed by atoms with E-state index in [4.69, 9.17) is 15.9 Å². The minimum absolute atomic E-state index is 0. The second-order valence-corrected chi connectivity index (χ2v) is 7.10. The second kappa shape index (κ2) is 9.25. The first kappa shape index (κ1) is 21.1. The van der Waals surface area contributed by atoms with Gasteiger partial charge in [-0.3, -0.25) is 15.5 Å². The highest BCUT2D eigenvalue weighted by Crippen LogP contribution is 2.24. The molecule has 3 rings (SSSR count). The van der Waals surface area contributed by atoms with Crippen LogP contribution in [0.15, 0.2) is 36.4 Å². The maximum Gasteiger partial charge on any atom is 0.320 e. The number of amides is 3. The summed E-state index contributed by atoms with van der Waals surface area (Å²) in [6.07, 6.45) is 1.27. The number of benzene rings is 1. The number of likely N-dealkylation sites (tertiary alicyclic amines) is 1. The zero-order valence-electron chi connectivity index (χ0n) is 17.1. The van der Waals surface area contributed by atoms with E-state index in [0.717, 1.165) is 12.0 Å². The summed E-state index contributed by atoms with van der Waals surface area (Å²) in [5.41, 5.74) is 8.08. The van der Waals surface area contributed by atoms with Gasteiger partial charge in [0.05, 0.1) is 31.0 Å². The smallest absolute Gasteiger partial charge is 0.320 e. The van der Waals surface area contributed by atoms with Gasteiger partial charge in [-0.2, -0.15) is 0 Å². The van der Waals surface area contributed by atoms with Crippen molar-refractivity contribution in [3.8, 4) is 0 Å². The first-order valence-corrected chi connectivity index (χ1v) is 9.71. The molecule has 1 saturated heterocycles. The Bertz CT molecular complexity index is 962. The highest BCUT2D eigenvalue weighted by atomic mass is 16.5. The van der Waals surface area contributed by atoms with E-state index < -0.39 is 6.03 Å². The Morgan fingerprint density at radius 1 is 1.40 bits per heavy atom. The molecule has 0 unspecified atom stereocenters. The summed E-state index contributed by atoms with van der Waals surface area (Å²) in [5, 5.41) is 13.6. The van der Waals surface area contributed by atoms with Crippen molar-refractivity contribution in [1.29, 1.82) is 5.41 Å². The minimum atomic E-state index is -0.434. The van der Waals surface area contributed by atoms with E-state index in [-0.39, 0.29) is 40.2 Å². The molecule has 9 heteroatoms. The van der Waals surface area contributed by atoms with Crippen LogP contribution in [-0.4, -0.2) is 41.4 Å². The van der Waals surface area contributed by atoms with Gasteiger partial charge in [0, 0.05) is 29.0 Å². The molecule has 1 aromatic heterocycles. The number of carbonyl (C=O) groups excluding carboxylic acids is 2. The van der Waals surface area contributed by atoms with Gasteiger partial charge in [0.2, 0.25) is 11.8 Å². The molecule has 0 spiro atoms. The highest BCUT2D eigenvalue weighted by molar-refractivity contribution is 5.99. The van der Waals surface area contributed by atoms with Gasteiger partial charge in [0.15, 0.2) is 0 Å². The number of hydrogen-bond acceptors (Lipinski definition) is 6. The van der Waals surface area contributed by atoms with Crippen molar-refractivity contribution in [3.63, 3.8) is 0 Å². The lowest BCUT2D eigenvalue weighted by atomic mass is 10.1. The molecule has 30 heavy (non-hydrogen) atoms. The number of ether oxygens (including phenoxy) is 1. The quantitative estimate of drug-likeness (QED) is 0.423. The summed E-state index contributed by atoms with van der Waals surface area (Å²) in [6, 6.07) is 10.4. The molecular weight excluding hydrogens is 384 g/mol. The molecule has 1 atom stereocenters. The summed E-state index contributed by atoms with van der Waals surface area (Å²) < 4.78 is 5.03. The van der Waals surface area contributed by atoms with Gasteiger partial charge in [-0.25, -0.2) is 9.78 Å². The van der Waals surface area contributed by atoms with E-state index in [1.54, 1.807) is 4.90 Å². The molecule has 164 valence electrons. The second-order valence-electron chi connectivity index (χ2n) is 7.10. The zero-order chi connectivity index (χ0) is 21.7. The highest BCUT2D eigenvalue weighted by Gasteiger charge is 2.25. The number of pyridine rings is 1. The predicted octanol–water partition coefficient (Wildman–Crippen LogP) is 3.38. The summed E-state index contributed by atoms with van der Waals surface area (Å²) in [6.45, 7) is 2.69. The SMILES string of the molecule is COC(=N)c1c(N)cc(NC(=O)N[C@H](C)c2ccccc2)nc1CN1CCCC1=O.[HH].[HH].[HH]. The molecule has 9 nitrogen and oxygen atoms in total. The van der Waals surface area contributed by atoms with Crippen LogP contribution in [0.3, 0.4) is 0 Å². The minimum Gasteiger partial charge on any atom is -0.481 e. The molecule has 0 bridgehead atoms. The van der Waals surface area contributed by atoms with Crippen LogP contribution in [-0.2, 0) is 16.1 Å². The molecule has 0 radical (unpaired) electrons. The third-order valence-corrected chi connectivity index (χ3v) is 4.96. The van der Waals surface area contributed by atoms with Crippen LogP contribution in [0.4, 0.5) is 16.3 Å². The number of methoxy groups -OCH3 is 1. The van der Waals surface area contributed by atoms with Gasteiger partial charge in [0.25, 0.3) is 0 Å². The van der Waals surface area contributed by atoms with Gasteiger partial charge < -0.3 is 20.7 Å². The van der Waals surface area contributed by atoms with Crippen molar-refractivity contribution >= 4 is 29.3 Å². The zero-order valence-corrected chi connectivity index (χ0v) is 17.1. The molecule has 3 amide bonds. The first-order valence-electron chi connectivity index (χ1n) is 9.71. The van der Waals surface area contributed by atoms with Crippen LogP contribution >= 0.6 is 0 Å². The third-order valence-electron chi connectivity index (χ3n) is 4.96. The lowest BCUT2D eigenvalue weighted by molar-refractivity contribution is -0.128. The summed E-state index contributed by atoms with van der Waals surface area (Å²) in [4.78, 5) is 30.6. The van der Waals surface area contributed by atoms with Crippen LogP contribution in [0.5, 0.6) is 0 Å². The lowest BCUT2D eigenvalue weighted by Gasteiger charge is -2.20. The molecular formula is C21H32N6O3. The van der Waals surface area contributed by atoms with E-state index in [9.17, 15) is 9.59 Å². The fourth-order valence-electron chi connectivity index (χ4n) is 3.39. The number of rotatable bonds is 6. The van der Waals surface area contributed by atoms with E-state index in [1.165, 1.54) is 13.2 Å². The van der Waals surface area contributed by atoms with E-state index in [1.807, 2.05) is 37.3 Å². The van der Waals surface area contributed by atoms with Gasteiger partial charge >= 0.3 is 6.03 Å². The Morgan fingerprint density at radius 3 is 2.77 bits per heavy atom. The van der Waals surface area contributed by atoms with Crippen LogP contribution in [0, 0.1) is 5.41 Å². The van der Waals surface area contributed by atoms with Crippen LogP contribution in [0.2, 0.25) is 0 Å². The van der Waals surface area contributed by atoms with Crippen molar-refractivity contribution in [1.82, 2.24) is 15.2 Å². The Balaban J connectivity index is 0.00000341. The largest absolute Gasteiger partial charge is 0.481 e. The first-order chi connectivity index (χ1) is 14.4. The third kappa shape index (κ3) is 4.86. The summed E-state index contributed by atoms with van der Waals surface area (Å²) in [7, 11) is 1.37. The van der Waals surface area contributed by atoms with E-state index in [2.05, 4.69) is 15.6 Å². The lowest BCUT2D eigenvalue weighted by Crippen LogP contribution is -2.32. The normalized spacial score (nSPS) is 14.3. The number of nitrogens with zero attached hydrogens (tertiary/aromatic N) is 2. The van der Waals surface area contributed by atoms with Gasteiger partial charge in [0.1, 0.15) is 5.82 Å². The van der Waals surface area contributed by atoms with Gasteiger partial charge in [-0.1, -0.05) is 30.3 Å². The Labute approximate surface area is 179 Å². The molecule has 1 aliphatic heterocycles. The van der Waals surface area contributed by atoms with E-state index >= 15 is 0 Å². The monoisotopic (exact) mass is 416 g/mol. The van der Waals surface area contributed by atoms with Crippen molar-refractivity contribution in [2.75, 3.05) is 24.7 Å². The predicted molar refractivity (Wildman–Crippen MR) is 120 cm³/mol. The number of nitrogens with one attached hydrogen (secondary N) is 3. The average molecular weight is 417 g/mol. The Kier molecular flexibility index (Phi) is 6.51. The fraction of sp³-hybridized carbons (Fsp3) is 0.333. The number of anilines is 2. The Hall–Kier alpha value is -3.62. The maximum atomic E-state index is 12.5. The van der Waals surface area contributed by atoms with Crippen molar-refractivity contribution in [2.24, 2.45) is 0 Å². The average Bonchev–Trinajstić information content (AvgIpc) is 3.12. The summed E-state index contributed by atoms with van der Waals surface area (Å²) in [5.74, 6) is 0.118. The van der Waals surface area contributed by atoms with Crippen molar-refractivity contribution < 1.29 is 18.6 Å². The summed E-state index contributed by atoms with van der Waals surface area (Å²) >= 11 is 0. The number of carbonyl (C=O) groups is 2. The molecule has 5 N–H and O–H groups in total. The molecule has 2 heterocycles. The molecule has 2 aromatic rings. The molecule has 0 saturated carbocycles. The number of hydrogen-bond donors (Lipinski definition) is 4. The maximum absolute atomic E-state index is 12.5. The van der Waals surface area contributed by atoms with Crippen molar-refractivity contribution in [3.05, 3.63) is 53.2 Å². The molecule has 0 aliphatic carbocycles. The van der Waals surface area contributed by atoms with Crippen LogP contribution in [0.25, 0.3) is 0 Å². The fourth-order valence-corrected chi connectivity index (χ4v) is 3.39. The number of urea groups is 1. The van der Waals surface area contributed by atoms with Crippen LogP contribution < -0.4 is 16.4 Å². The Morgan fingerprint density at radius 2 is 2.13 bits per heavy atom. The molecule has 1 aromatic carbocycles. The topological polar surface area (TPSA) is 133 Å². The van der Waals surface area contributed by atoms with E-state index in [0.29, 0.717) is 24.2 Å². The van der Waals surface area contributed by atoms with Crippen LogP contribution in [0.1, 0.15) is 46.9 Å². The van der Waals surface area contributed by atoms with Gasteiger partial charge in [-0.05, 0) is 18.9 Å². The van der Waals surface area contributed by atoms with Gasteiger partial charge in [-0.15, -0.1) is 0 Å². The standard InChI is InChI=1S/C21H26N6O3.3H2/c1-13(14-7-4-3-5-8-14)24-21(29)26-17-11-15(22)19(20(23)30-2)16(25-17)12-27-10-6-9-18(27)28;;;/h3-5,7-8,11,13,23H,6,9-10,12H2,1-2H3,(H4,22,24,25,26,29);3*1H/t13-;;;/m1.../s1. The molecule has 1 fully saturated rings. The number of aromatic nitrogens is 1. The van der Waals surface area contributed by atoms with Crippen molar-refractivity contribution in [2.45, 2.75) is 32.4 Å². The number of nitrogen functional groups attached to an aromatic ring is 1. The molecule has 1 aliphatic rings. The number of nitrogens with two attached hydrogens (primary N) is 1.